The maximum atomic E-state index is 13.1. The fourth-order valence-corrected chi connectivity index (χ4v) is 1.69. The molecule has 0 aliphatic carbocycles. The van der Waals surface area contributed by atoms with Gasteiger partial charge in [-0.25, -0.2) is 4.39 Å². The van der Waals surface area contributed by atoms with Crippen molar-refractivity contribution in [3.63, 3.8) is 0 Å². The van der Waals surface area contributed by atoms with Crippen LogP contribution >= 0.6 is 15.9 Å². The van der Waals surface area contributed by atoms with Gasteiger partial charge in [-0.05, 0) is 58.7 Å². The van der Waals surface area contributed by atoms with Crippen LogP contribution in [-0.4, -0.2) is 4.98 Å². The van der Waals surface area contributed by atoms with Gasteiger partial charge in [0.15, 0.2) is 0 Å². The molecule has 0 aliphatic heterocycles. The number of nitrogens with one attached hydrogen (secondary N) is 1. The molecule has 0 amide bonds. The molecule has 0 saturated heterocycles. The maximum Gasteiger partial charge on any atom is 0.126 e. The number of pyridine rings is 1. The van der Waals surface area contributed by atoms with E-state index in [-0.39, 0.29) is 5.82 Å². The van der Waals surface area contributed by atoms with Gasteiger partial charge in [-0.15, -0.1) is 0 Å². The Bertz CT molecular complexity index is 511. The highest BCUT2D eigenvalue weighted by Gasteiger charge is 1.99. The van der Waals surface area contributed by atoms with Crippen LogP contribution < -0.4 is 5.32 Å². The van der Waals surface area contributed by atoms with E-state index in [1.54, 1.807) is 25.3 Å². The van der Waals surface area contributed by atoms with Crippen molar-refractivity contribution in [2.75, 3.05) is 5.32 Å². The van der Waals surface area contributed by atoms with Crippen LogP contribution in [0.15, 0.2) is 41.0 Å². The summed E-state index contributed by atoms with van der Waals surface area (Å²) < 4.78 is 14.0. The Morgan fingerprint density at radius 2 is 2.12 bits per heavy atom. The second-order valence-electron chi connectivity index (χ2n) is 3.79. The lowest BCUT2D eigenvalue weighted by atomic mass is 10.2. The van der Waals surface area contributed by atoms with Gasteiger partial charge in [-0.3, -0.25) is 4.98 Å². The second-order valence-corrected chi connectivity index (χ2v) is 4.70. The minimum absolute atomic E-state index is 0.183. The summed E-state index contributed by atoms with van der Waals surface area (Å²) in [5, 5.41) is 3.20. The Morgan fingerprint density at radius 1 is 1.29 bits per heavy atom. The topological polar surface area (TPSA) is 24.9 Å². The lowest BCUT2D eigenvalue weighted by molar-refractivity contribution is 0.618. The molecule has 0 aliphatic rings. The van der Waals surface area contributed by atoms with Crippen molar-refractivity contribution in [2.24, 2.45) is 0 Å². The third-order valence-corrected chi connectivity index (χ3v) is 2.89. The molecule has 2 aromatic rings. The van der Waals surface area contributed by atoms with E-state index in [1.807, 2.05) is 12.1 Å². The van der Waals surface area contributed by atoms with Gasteiger partial charge >= 0.3 is 0 Å². The number of halogens is 2. The van der Waals surface area contributed by atoms with E-state index < -0.39 is 0 Å². The van der Waals surface area contributed by atoms with Crippen molar-refractivity contribution in [3.8, 4) is 0 Å². The van der Waals surface area contributed by atoms with Gasteiger partial charge in [0.05, 0.1) is 12.2 Å². The molecular weight excluding hydrogens is 283 g/mol. The van der Waals surface area contributed by atoms with Crippen LogP contribution in [0.5, 0.6) is 0 Å². The van der Waals surface area contributed by atoms with E-state index >= 15 is 0 Å². The summed E-state index contributed by atoms with van der Waals surface area (Å²) in [5.41, 5.74) is 2.47. The maximum absolute atomic E-state index is 13.1. The SMILES string of the molecule is Cc1cc(NCc2ccc(Br)cn2)ccc1F. The molecule has 0 radical (unpaired) electrons. The number of nitrogens with zero attached hydrogens (tertiary/aromatic N) is 1. The zero-order valence-corrected chi connectivity index (χ0v) is 11.0. The molecule has 1 N–H and O–H groups in total. The Kier molecular flexibility index (Phi) is 3.74. The first-order chi connectivity index (χ1) is 8.15. The number of benzene rings is 1. The van der Waals surface area contributed by atoms with E-state index in [4.69, 9.17) is 0 Å². The first-order valence-corrected chi connectivity index (χ1v) is 6.05. The third kappa shape index (κ3) is 3.27. The minimum atomic E-state index is -0.183. The summed E-state index contributed by atoms with van der Waals surface area (Å²) in [6.45, 7) is 2.37. The predicted molar refractivity (Wildman–Crippen MR) is 70.4 cm³/mol. The van der Waals surface area contributed by atoms with Crippen LogP contribution in [0.1, 0.15) is 11.3 Å². The van der Waals surface area contributed by atoms with Crippen LogP contribution in [-0.2, 0) is 6.54 Å². The van der Waals surface area contributed by atoms with Crippen molar-refractivity contribution >= 4 is 21.6 Å². The predicted octanol–water partition coefficient (Wildman–Crippen LogP) is 3.90. The Morgan fingerprint density at radius 3 is 2.76 bits per heavy atom. The van der Waals surface area contributed by atoms with E-state index in [0.29, 0.717) is 12.1 Å². The van der Waals surface area contributed by atoms with Crippen LogP contribution in [0.25, 0.3) is 0 Å². The fraction of sp³-hybridized carbons (Fsp3) is 0.154. The number of aryl methyl sites for hydroxylation is 1. The quantitative estimate of drug-likeness (QED) is 0.928. The summed E-state index contributed by atoms with van der Waals surface area (Å²) in [6, 6.07) is 8.86. The number of aromatic nitrogens is 1. The van der Waals surface area contributed by atoms with Crippen molar-refractivity contribution in [2.45, 2.75) is 13.5 Å². The highest BCUT2D eigenvalue weighted by Crippen LogP contribution is 2.14. The summed E-state index contributed by atoms with van der Waals surface area (Å²) in [6.07, 6.45) is 1.76. The summed E-state index contributed by atoms with van der Waals surface area (Å²) in [7, 11) is 0. The highest BCUT2D eigenvalue weighted by molar-refractivity contribution is 9.10. The highest BCUT2D eigenvalue weighted by atomic mass is 79.9. The molecule has 1 aromatic heterocycles. The molecule has 0 spiro atoms. The largest absolute Gasteiger partial charge is 0.379 e. The van der Waals surface area contributed by atoms with Crippen molar-refractivity contribution < 1.29 is 4.39 Å². The van der Waals surface area contributed by atoms with Crippen LogP contribution in [0.2, 0.25) is 0 Å². The van der Waals surface area contributed by atoms with Gasteiger partial charge < -0.3 is 5.32 Å². The summed E-state index contributed by atoms with van der Waals surface area (Å²) in [4.78, 5) is 4.25. The van der Waals surface area contributed by atoms with Gasteiger partial charge in [-0.2, -0.15) is 0 Å². The van der Waals surface area contributed by atoms with Crippen molar-refractivity contribution in [1.82, 2.24) is 4.98 Å². The Labute approximate surface area is 108 Å². The smallest absolute Gasteiger partial charge is 0.126 e. The van der Waals surface area contributed by atoms with Gasteiger partial charge in [0.1, 0.15) is 5.82 Å². The van der Waals surface area contributed by atoms with E-state index in [2.05, 4.69) is 26.2 Å². The molecule has 1 heterocycles. The summed E-state index contributed by atoms with van der Waals surface area (Å²) >= 11 is 3.33. The van der Waals surface area contributed by atoms with Crippen LogP contribution in [0.3, 0.4) is 0 Å². The van der Waals surface area contributed by atoms with E-state index in [0.717, 1.165) is 15.9 Å². The van der Waals surface area contributed by atoms with Gasteiger partial charge in [-0.1, -0.05) is 0 Å². The lowest BCUT2D eigenvalue weighted by Gasteiger charge is -2.07. The number of hydrogen-bond acceptors (Lipinski definition) is 2. The van der Waals surface area contributed by atoms with Crippen LogP contribution in [0.4, 0.5) is 10.1 Å². The molecule has 0 bridgehead atoms. The molecule has 0 fully saturated rings. The van der Waals surface area contributed by atoms with Gasteiger partial charge in [0.25, 0.3) is 0 Å². The lowest BCUT2D eigenvalue weighted by Crippen LogP contribution is -2.01. The average Bonchev–Trinajstić information content (AvgIpc) is 2.33. The van der Waals surface area contributed by atoms with Gasteiger partial charge in [0, 0.05) is 16.4 Å². The van der Waals surface area contributed by atoms with E-state index in [9.17, 15) is 4.39 Å². The third-order valence-electron chi connectivity index (χ3n) is 2.42. The first-order valence-electron chi connectivity index (χ1n) is 5.25. The molecular formula is C13H12BrFN2. The second kappa shape index (κ2) is 5.27. The number of anilines is 1. The summed E-state index contributed by atoms with van der Waals surface area (Å²) in [5.74, 6) is -0.183. The number of rotatable bonds is 3. The van der Waals surface area contributed by atoms with Crippen molar-refractivity contribution in [1.29, 1.82) is 0 Å². The Hall–Kier alpha value is -1.42. The van der Waals surface area contributed by atoms with Crippen molar-refractivity contribution in [3.05, 3.63) is 58.1 Å². The molecule has 88 valence electrons. The normalized spacial score (nSPS) is 10.3. The molecule has 2 rings (SSSR count). The first kappa shape index (κ1) is 12.0. The zero-order chi connectivity index (χ0) is 12.3. The Balaban J connectivity index is 2.02. The molecule has 17 heavy (non-hydrogen) atoms. The minimum Gasteiger partial charge on any atom is -0.379 e. The molecule has 0 saturated carbocycles. The average molecular weight is 295 g/mol. The fourth-order valence-electron chi connectivity index (χ4n) is 1.46. The monoisotopic (exact) mass is 294 g/mol. The molecule has 0 unspecified atom stereocenters. The van der Waals surface area contributed by atoms with Crippen LogP contribution in [0, 0.1) is 12.7 Å². The standard InChI is InChI=1S/C13H12BrFN2/c1-9-6-11(4-5-13(9)15)17-8-12-3-2-10(14)7-16-12/h2-7,17H,8H2,1H3. The number of hydrogen-bond donors (Lipinski definition) is 1. The molecule has 0 atom stereocenters. The zero-order valence-electron chi connectivity index (χ0n) is 9.37. The molecule has 2 nitrogen and oxygen atoms in total. The van der Waals surface area contributed by atoms with E-state index in [1.165, 1.54) is 6.07 Å². The van der Waals surface area contributed by atoms with Gasteiger partial charge in [0.2, 0.25) is 0 Å². The molecule has 4 heteroatoms. The molecule has 1 aromatic carbocycles.